The van der Waals surface area contributed by atoms with Gasteiger partial charge in [-0.2, -0.15) is 0 Å². The van der Waals surface area contributed by atoms with Gasteiger partial charge in [-0.05, 0) is 37.1 Å². The van der Waals surface area contributed by atoms with Crippen LogP contribution in [0.25, 0.3) is 0 Å². The van der Waals surface area contributed by atoms with Gasteiger partial charge in [-0.1, -0.05) is 6.07 Å². The van der Waals surface area contributed by atoms with Crippen molar-refractivity contribution >= 4 is 17.5 Å². The minimum Gasteiger partial charge on any atom is -0.484 e. The van der Waals surface area contributed by atoms with Gasteiger partial charge < -0.3 is 24.1 Å². The van der Waals surface area contributed by atoms with Crippen LogP contribution < -0.4 is 10.1 Å². The predicted molar refractivity (Wildman–Crippen MR) is 99.3 cm³/mol. The molecule has 0 saturated heterocycles. The van der Waals surface area contributed by atoms with Crippen molar-refractivity contribution in [3.8, 4) is 5.75 Å². The van der Waals surface area contributed by atoms with Gasteiger partial charge in [-0.3, -0.25) is 9.59 Å². The maximum atomic E-state index is 12.5. The van der Waals surface area contributed by atoms with Crippen LogP contribution in [0.4, 0.5) is 5.69 Å². The Morgan fingerprint density at radius 2 is 2.11 bits per heavy atom. The summed E-state index contributed by atoms with van der Waals surface area (Å²) in [6, 6.07) is 10.7. The summed E-state index contributed by atoms with van der Waals surface area (Å²) in [5.74, 6) is 1.22. The molecular weight excluding hydrogens is 348 g/mol. The quantitative estimate of drug-likeness (QED) is 0.693. The Bertz CT molecular complexity index is 755. The van der Waals surface area contributed by atoms with E-state index in [0.717, 1.165) is 12.8 Å². The molecule has 1 saturated carbocycles. The molecule has 1 aliphatic rings. The molecule has 144 valence electrons. The number of anilines is 1. The summed E-state index contributed by atoms with van der Waals surface area (Å²) in [4.78, 5) is 26.0. The molecule has 1 fully saturated rings. The lowest BCUT2D eigenvalue weighted by molar-refractivity contribution is -0.135. The van der Waals surface area contributed by atoms with Gasteiger partial charge in [0, 0.05) is 31.3 Å². The van der Waals surface area contributed by atoms with E-state index in [1.54, 1.807) is 48.6 Å². The molecule has 1 aromatic carbocycles. The first-order valence-electron chi connectivity index (χ1n) is 8.98. The molecular formula is C20H24N2O5. The molecule has 0 aliphatic heterocycles. The number of hydrogen-bond acceptors (Lipinski definition) is 5. The molecule has 2 amide bonds. The maximum absolute atomic E-state index is 12.5. The average molecular weight is 372 g/mol. The third kappa shape index (κ3) is 5.86. The number of nitrogens with one attached hydrogen (secondary N) is 1. The third-order valence-electron chi connectivity index (χ3n) is 4.26. The lowest BCUT2D eigenvalue weighted by atomic mass is 10.3. The van der Waals surface area contributed by atoms with E-state index in [1.165, 1.54) is 0 Å². The number of carbonyl (C=O) groups excluding carboxylic acids is 2. The Kier molecular flexibility index (Phi) is 6.49. The van der Waals surface area contributed by atoms with Crippen molar-refractivity contribution in [3.63, 3.8) is 0 Å². The highest BCUT2D eigenvalue weighted by molar-refractivity contribution is 5.94. The normalized spacial score (nSPS) is 13.2. The number of rotatable bonds is 10. The SMILES string of the molecule is COCCN(Cc1ccco1)C(=O)COc1cccc(NC(=O)C2CC2)c1. The summed E-state index contributed by atoms with van der Waals surface area (Å²) in [6.45, 7) is 1.12. The number of hydrogen-bond donors (Lipinski definition) is 1. The number of carbonyl (C=O) groups is 2. The summed E-state index contributed by atoms with van der Waals surface area (Å²) in [5, 5.41) is 2.87. The molecule has 0 spiro atoms. The van der Waals surface area contributed by atoms with Crippen molar-refractivity contribution in [1.29, 1.82) is 0 Å². The van der Waals surface area contributed by atoms with Crippen LogP contribution in [-0.4, -0.2) is 43.6 Å². The number of methoxy groups -OCH3 is 1. The van der Waals surface area contributed by atoms with Gasteiger partial charge in [0.1, 0.15) is 11.5 Å². The molecule has 0 bridgehead atoms. The second kappa shape index (κ2) is 9.23. The van der Waals surface area contributed by atoms with Crippen molar-refractivity contribution in [3.05, 3.63) is 48.4 Å². The lowest BCUT2D eigenvalue weighted by Crippen LogP contribution is -2.36. The number of benzene rings is 1. The van der Waals surface area contributed by atoms with E-state index < -0.39 is 0 Å². The van der Waals surface area contributed by atoms with E-state index in [4.69, 9.17) is 13.9 Å². The van der Waals surface area contributed by atoms with Gasteiger partial charge in [0.2, 0.25) is 5.91 Å². The first-order chi connectivity index (χ1) is 13.2. The van der Waals surface area contributed by atoms with E-state index in [1.807, 2.05) is 6.07 Å². The van der Waals surface area contributed by atoms with Gasteiger partial charge in [0.05, 0.1) is 19.4 Å². The largest absolute Gasteiger partial charge is 0.484 e. The molecule has 27 heavy (non-hydrogen) atoms. The Morgan fingerprint density at radius 1 is 1.26 bits per heavy atom. The van der Waals surface area contributed by atoms with Crippen molar-refractivity contribution < 1.29 is 23.5 Å². The summed E-state index contributed by atoms with van der Waals surface area (Å²) in [5.41, 5.74) is 0.670. The van der Waals surface area contributed by atoms with Crippen molar-refractivity contribution in [1.82, 2.24) is 4.90 Å². The molecule has 1 N–H and O–H groups in total. The van der Waals surface area contributed by atoms with E-state index in [-0.39, 0.29) is 24.3 Å². The molecule has 7 heteroatoms. The lowest BCUT2D eigenvalue weighted by Gasteiger charge is -2.21. The average Bonchev–Trinajstić information content (AvgIpc) is 3.41. The van der Waals surface area contributed by atoms with Crippen LogP contribution in [0, 0.1) is 5.92 Å². The van der Waals surface area contributed by atoms with Gasteiger partial charge >= 0.3 is 0 Å². The zero-order chi connectivity index (χ0) is 19.1. The smallest absolute Gasteiger partial charge is 0.260 e. The van der Waals surface area contributed by atoms with Crippen LogP contribution >= 0.6 is 0 Å². The summed E-state index contributed by atoms with van der Waals surface area (Å²) in [7, 11) is 1.59. The Balaban J connectivity index is 1.54. The summed E-state index contributed by atoms with van der Waals surface area (Å²) < 4.78 is 16.0. The Morgan fingerprint density at radius 3 is 2.81 bits per heavy atom. The maximum Gasteiger partial charge on any atom is 0.260 e. The topological polar surface area (TPSA) is 81.0 Å². The Labute approximate surface area is 158 Å². The monoisotopic (exact) mass is 372 g/mol. The molecule has 0 atom stereocenters. The zero-order valence-electron chi connectivity index (χ0n) is 15.3. The second-order valence-electron chi connectivity index (χ2n) is 6.47. The number of amides is 2. The van der Waals surface area contributed by atoms with Crippen LogP contribution in [0.2, 0.25) is 0 Å². The van der Waals surface area contributed by atoms with Crippen LogP contribution in [0.5, 0.6) is 5.75 Å². The summed E-state index contributed by atoms with van der Waals surface area (Å²) in [6.07, 6.45) is 3.47. The van der Waals surface area contributed by atoms with Crippen molar-refractivity contribution in [2.24, 2.45) is 5.92 Å². The third-order valence-corrected chi connectivity index (χ3v) is 4.26. The molecule has 1 aromatic heterocycles. The van der Waals surface area contributed by atoms with E-state index in [9.17, 15) is 9.59 Å². The van der Waals surface area contributed by atoms with E-state index >= 15 is 0 Å². The van der Waals surface area contributed by atoms with Crippen molar-refractivity contribution in [2.45, 2.75) is 19.4 Å². The number of nitrogens with zero attached hydrogens (tertiary/aromatic N) is 1. The van der Waals surface area contributed by atoms with E-state index in [0.29, 0.717) is 36.9 Å². The highest BCUT2D eigenvalue weighted by atomic mass is 16.5. The number of furan rings is 1. The fraction of sp³-hybridized carbons (Fsp3) is 0.400. The Hall–Kier alpha value is -2.80. The molecule has 1 heterocycles. The zero-order valence-corrected chi connectivity index (χ0v) is 15.3. The fourth-order valence-electron chi connectivity index (χ4n) is 2.57. The first kappa shape index (κ1) is 19.0. The molecule has 1 aliphatic carbocycles. The molecule has 3 rings (SSSR count). The highest BCUT2D eigenvalue weighted by Gasteiger charge is 2.29. The van der Waals surface area contributed by atoms with Crippen LogP contribution in [0.1, 0.15) is 18.6 Å². The minimum absolute atomic E-state index is 0.0346. The summed E-state index contributed by atoms with van der Waals surface area (Å²) >= 11 is 0. The standard InChI is InChI=1S/C20H24N2O5/c1-25-11-9-22(13-18-6-3-10-26-18)19(23)14-27-17-5-2-4-16(12-17)21-20(24)15-7-8-15/h2-6,10,12,15H,7-9,11,13-14H2,1H3,(H,21,24). The molecule has 0 unspecified atom stereocenters. The molecule has 0 radical (unpaired) electrons. The number of ether oxygens (including phenoxy) is 2. The minimum atomic E-state index is -0.170. The van der Waals surface area contributed by atoms with Gasteiger partial charge in [-0.15, -0.1) is 0 Å². The van der Waals surface area contributed by atoms with Gasteiger partial charge in [0.15, 0.2) is 6.61 Å². The molecule has 7 nitrogen and oxygen atoms in total. The van der Waals surface area contributed by atoms with Crippen LogP contribution in [0.3, 0.4) is 0 Å². The molecule has 2 aromatic rings. The van der Waals surface area contributed by atoms with Crippen LogP contribution in [0.15, 0.2) is 47.1 Å². The highest BCUT2D eigenvalue weighted by Crippen LogP contribution is 2.30. The first-order valence-corrected chi connectivity index (χ1v) is 8.98. The van der Waals surface area contributed by atoms with E-state index in [2.05, 4.69) is 5.32 Å². The van der Waals surface area contributed by atoms with Gasteiger partial charge in [-0.25, -0.2) is 0 Å². The van der Waals surface area contributed by atoms with Crippen LogP contribution in [-0.2, 0) is 20.9 Å². The fourth-order valence-corrected chi connectivity index (χ4v) is 2.57. The second-order valence-corrected chi connectivity index (χ2v) is 6.47. The predicted octanol–water partition coefficient (Wildman–Crippen LogP) is 2.68. The van der Waals surface area contributed by atoms with Crippen molar-refractivity contribution in [2.75, 3.05) is 32.2 Å². The van der Waals surface area contributed by atoms with Gasteiger partial charge in [0.25, 0.3) is 5.91 Å².